The Morgan fingerprint density at radius 2 is 1.48 bits per heavy atom. The maximum atomic E-state index is 4.09. The molecule has 2 heterocycles. The van der Waals surface area contributed by atoms with Crippen molar-refractivity contribution in [3.8, 4) is 0 Å². The predicted octanol–water partition coefficient (Wildman–Crippen LogP) is 2.97. The molecule has 1 saturated heterocycles. The van der Waals surface area contributed by atoms with Gasteiger partial charge in [0.15, 0.2) is 0 Å². The fourth-order valence-electron chi connectivity index (χ4n) is 2.86. The molecule has 2 aromatic rings. The van der Waals surface area contributed by atoms with Gasteiger partial charge in [-0.25, -0.2) is 0 Å². The normalized spacial score (nSPS) is 16.1. The molecular formula is C18H23N3. The summed E-state index contributed by atoms with van der Waals surface area (Å²) in [5.74, 6) is 0. The molecule has 0 saturated carbocycles. The lowest BCUT2D eigenvalue weighted by Crippen LogP contribution is -2.45. The summed E-state index contributed by atoms with van der Waals surface area (Å²) in [7, 11) is 0. The Bertz CT molecular complexity index is 542. The Hall–Kier alpha value is -1.87. The van der Waals surface area contributed by atoms with E-state index in [4.69, 9.17) is 0 Å². The fraction of sp³-hybridized carbons (Fsp3) is 0.389. The lowest BCUT2D eigenvalue weighted by Gasteiger charge is -2.36. The van der Waals surface area contributed by atoms with Crippen LogP contribution in [-0.2, 0) is 13.0 Å². The highest BCUT2D eigenvalue weighted by Gasteiger charge is 2.17. The fourth-order valence-corrected chi connectivity index (χ4v) is 2.86. The van der Waals surface area contributed by atoms with E-state index in [1.807, 2.05) is 12.4 Å². The summed E-state index contributed by atoms with van der Waals surface area (Å²) in [6.45, 7) is 7.70. The average Bonchev–Trinajstić information content (AvgIpc) is 2.57. The second kappa shape index (κ2) is 6.72. The van der Waals surface area contributed by atoms with Gasteiger partial charge in [-0.2, -0.15) is 0 Å². The molecule has 0 radical (unpaired) electrons. The number of aromatic nitrogens is 1. The Labute approximate surface area is 127 Å². The van der Waals surface area contributed by atoms with E-state index in [9.17, 15) is 0 Å². The van der Waals surface area contributed by atoms with E-state index in [1.165, 1.54) is 16.8 Å². The molecule has 1 aromatic carbocycles. The molecular weight excluding hydrogens is 258 g/mol. The molecule has 3 heteroatoms. The highest BCUT2D eigenvalue weighted by Crippen LogP contribution is 2.16. The minimum Gasteiger partial charge on any atom is -0.369 e. The smallest absolute Gasteiger partial charge is 0.0397 e. The van der Waals surface area contributed by atoms with Crippen LogP contribution >= 0.6 is 0 Å². The van der Waals surface area contributed by atoms with Crippen LogP contribution in [0.5, 0.6) is 0 Å². The van der Waals surface area contributed by atoms with E-state index in [0.29, 0.717) is 0 Å². The van der Waals surface area contributed by atoms with Crippen LogP contribution in [0.2, 0.25) is 0 Å². The Morgan fingerprint density at radius 3 is 2.10 bits per heavy atom. The maximum Gasteiger partial charge on any atom is 0.0397 e. The number of piperazine rings is 1. The first-order valence-electron chi connectivity index (χ1n) is 7.80. The minimum atomic E-state index is 1.06. The maximum absolute atomic E-state index is 4.09. The molecule has 0 N–H and O–H groups in total. The third-order valence-corrected chi connectivity index (χ3v) is 4.24. The summed E-state index contributed by atoms with van der Waals surface area (Å²) >= 11 is 0. The van der Waals surface area contributed by atoms with Gasteiger partial charge in [-0.3, -0.25) is 9.88 Å². The molecule has 3 nitrogen and oxygen atoms in total. The van der Waals surface area contributed by atoms with Gasteiger partial charge in [0.05, 0.1) is 0 Å². The second-order valence-electron chi connectivity index (χ2n) is 5.64. The van der Waals surface area contributed by atoms with E-state index in [2.05, 4.69) is 58.1 Å². The highest BCUT2D eigenvalue weighted by molar-refractivity contribution is 5.45. The highest BCUT2D eigenvalue weighted by atomic mass is 15.3. The number of nitrogens with zero attached hydrogens (tertiary/aromatic N) is 3. The minimum absolute atomic E-state index is 1.06. The van der Waals surface area contributed by atoms with Gasteiger partial charge < -0.3 is 4.90 Å². The summed E-state index contributed by atoms with van der Waals surface area (Å²) in [5, 5.41) is 0. The van der Waals surface area contributed by atoms with Crippen LogP contribution in [0.3, 0.4) is 0 Å². The van der Waals surface area contributed by atoms with Crippen molar-refractivity contribution in [2.75, 3.05) is 31.1 Å². The van der Waals surface area contributed by atoms with Gasteiger partial charge in [-0.15, -0.1) is 0 Å². The summed E-state index contributed by atoms with van der Waals surface area (Å²) in [6, 6.07) is 13.2. The quantitative estimate of drug-likeness (QED) is 0.859. The van der Waals surface area contributed by atoms with Gasteiger partial charge in [0.25, 0.3) is 0 Å². The van der Waals surface area contributed by atoms with E-state index in [1.54, 1.807) is 0 Å². The third kappa shape index (κ3) is 3.61. The molecule has 0 unspecified atom stereocenters. The van der Waals surface area contributed by atoms with Crippen molar-refractivity contribution in [3.63, 3.8) is 0 Å². The topological polar surface area (TPSA) is 19.4 Å². The van der Waals surface area contributed by atoms with E-state index in [0.717, 1.165) is 39.1 Å². The molecule has 21 heavy (non-hydrogen) atoms. The molecule has 0 bridgehead atoms. The van der Waals surface area contributed by atoms with Gasteiger partial charge in [-0.05, 0) is 29.7 Å². The van der Waals surface area contributed by atoms with Crippen molar-refractivity contribution >= 4 is 5.69 Å². The standard InChI is InChI=1S/C18H23N3/c1-2-16-3-5-17(6-4-16)15-20-11-13-21(14-12-20)18-7-9-19-10-8-18/h3-10H,2,11-15H2,1H3. The lowest BCUT2D eigenvalue weighted by molar-refractivity contribution is 0.250. The molecule has 1 aliphatic heterocycles. The zero-order valence-electron chi connectivity index (χ0n) is 12.7. The van der Waals surface area contributed by atoms with Crippen LogP contribution in [0.1, 0.15) is 18.1 Å². The van der Waals surface area contributed by atoms with Gasteiger partial charge in [-0.1, -0.05) is 31.2 Å². The first-order chi connectivity index (χ1) is 10.3. The first-order valence-corrected chi connectivity index (χ1v) is 7.80. The SMILES string of the molecule is CCc1ccc(CN2CCN(c3ccncc3)CC2)cc1. The zero-order chi connectivity index (χ0) is 14.5. The molecule has 1 fully saturated rings. The predicted molar refractivity (Wildman–Crippen MR) is 87.5 cm³/mol. The lowest BCUT2D eigenvalue weighted by atomic mass is 10.1. The number of rotatable bonds is 4. The third-order valence-electron chi connectivity index (χ3n) is 4.24. The summed E-state index contributed by atoms with van der Waals surface area (Å²) in [5.41, 5.74) is 4.13. The van der Waals surface area contributed by atoms with Crippen molar-refractivity contribution < 1.29 is 0 Å². The van der Waals surface area contributed by atoms with Gasteiger partial charge >= 0.3 is 0 Å². The first kappa shape index (κ1) is 14.1. The summed E-state index contributed by atoms with van der Waals surface area (Å²) in [4.78, 5) is 9.07. The molecule has 0 spiro atoms. The Morgan fingerprint density at radius 1 is 0.857 bits per heavy atom. The van der Waals surface area contributed by atoms with Gasteiger partial charge in [0, 0.05) is 50.8 Å². The monoisotopic (exact) mass is 281 g/mol. The molecule has 0 atom stereocenters. The molecule has 0 aliphatic carbocycles. The van der Waals surface area contributed by atoms with Gasteiger partial charge in [0.2, 0.25) is 0 Å². The Kier molecular flexibility index (Phi) is 4.51. The number of pyridine rings is 1. The average molecular weight is 281 g/mol. The van der Waals surface area contributed by atoms with Crippen molar-refractivity contribution in [2.24, 2.45) is 0 Å². The van der Waals surface area contributed by atoms with E-state index >= 15 is 0 Å². The molecule has 110 valence electrons. The zero-order valence-corrected chi connectivity index (χ0v) is 12.7. The summed E-state index contributed by atoms with van der Waals surface area (Å²) in [6.07, 6.45) is 4.86. The van der Waals surface area contributed by atoms with E-state index < -0.39 is 0 Å². The van der Waals surface area contributed by atoms with Crippen LogP contribution in [0.4, 0.5) is 5.69 Å². The van der Waals surface area contributed by atoms with Crippen LogP contribution in [0, 0.1) is 0 Å². The number of hydrogen-bond donors (Lipinski definition) is 0. The second-order valence-corrected chi connectivity index (χ2v) is 5.64. The number of anilines is 1. The van der Waals surface area contributed by atoms with Crippen molar-refractivity contribution in [1.29, 1.82) is 0 Å². The largest absolute Gasteiger partial charge is 0.369 e. The molecule has 1 aromatic heterocycles. The van der Waals surface area contributed by atoms with Crippen molar-refractivity contribution in [1.82, 2.24) is 9.88 Å². The van der Waals surface area contributed by atoms with Gasteiger partial charge in [0.1, 0.15) is 0 Å². The number of aryl methyl sites for hydroxylation is 1. The molecule has 1 aliphatic rings. The van der Waals surface area contributed by atoms with Crippen LogP contribution in [0.15, 0.2) is 48.8 Å². The Balaban J connectivity index is 1.53. The summed E-state index contributed by atoms with van der Waals surface area (Å²) < 4.78 is 0. The van der Waals surface area contributed by atoms with E-state index in [-0.39, 0.29) is 0 Å². The number of benzene rings is 1. The van der Waals surface area contributed by atoms with Crippen LogP contribution in [0.25, 0.3) is 0 Å². The molecule has 3 rings (SSSR count). The van der Waals surface area contributed by atoms with Crippen LogP contribution in [-0.4, -0.2) is 36.1 Å². The number of hydrogen-bond acceptors (Lipinski definition) is 3. The molecule has 0 amide bonds. The van der Waals surface area contributed by atoms with Crippen molar-refractivity contribution in [3.05, 3.63) is 59.9 Å². The van der Waals surface area contributed by atoms with Crippen molar-refractivity contribution in [2.45, 2.75) is 19.9 Å². The van der Waals surface area contributed by atoms with Crippen LogP contribution < -0.4 is 4.90 Å².